The Bertz CT molecular complexity index is 771. The Balaban J connectivity index is 2.12. The molecule has 1 unspecified atom stereocenters. The van der Waals surface area contributed by atoms with Crippen molar-refractivity contribution in [3.63, 3.8) is 0 Å². The Morgan fingerprint density at radius 2 is 1.82 bits per heavy atom. The van der Waals surface area contributed by atoms with Gasteiger partial charge in [0, 0.05) is 12.2 Å². The van der Waals surface area contributed by atoms with Gasteiger partial charge >= 0.3 is 0 Å². The van der Waals surface area contributed by atoms with E-state index in [0.29, 0.717) is 25.1 Å². The Labute approximate surface area is 129 Å². The van der Waals surface area contributed by atoms with Crippen LogP contribution >= 0.6 is 0 Å². The van der Waals surface area contributed by atoms with Crippen LogP contribution in [0.15, 0.2) is 29.2 Å². The van der Waals surface area contributed by atoms with Gasteiger partial charge in [0.15, 0.2) is 0 Å². The second-order valence-corrected chi connectivity index (χ2v) is 8.59. The maximum absolute atomic E-state index is 12.2. The highest BCUT2D eigenvalue weighted by molar-refractivity contribution is 7.89. The Morgan fingerprint density at radius 3 is 2.32 bits per heavy atom. The summed E-state index contributed by atoms with van der Waals surface area (Å²) in [6.45, 7) is 0.321. The molecule has 0 spiro atoms. The van der Waals surface area contributed by atoms with Crippen LogP contribution in [0.2, 0.25) is 0 Å². The van der Waals surface area contributed by atoms with Gasteiger partial charge in [-0.05, 0) is 37.1 Å². The Hall–Kier alpha value is -1.49. The number of nitrogens with one attached hydrogen (secondary N) is 1. The number of hydrogen-bond donors (Lipinski definition) is 2. The number of benzene rings is 1. The molecule has 0 radical (unpaired) electrons. The van der Waals surface area contributed by atoms with Crippen LogP contribution in [0.3, 0.4) is 0 Å². The number of anilines is 1. The minimum Gasteiger partial charge on any atom is -0.325 e. The van der Waals surface area contributed by atoms with Gasteiger partial charge < -0.3 is 5.32 Å². The van der Waals surface area contributed by atoms with Crippen LogP contribution in [0.25, 0.3) is 0 Å². The molecule has 1 fully saturated rings. The van der Waals surface area contributed by atoms with Gasteiger partial charge in [-0.1, -0.05) is 0 Å². The van der Waals surface area contributed by atoms with Crippen LogP contribution < -0.4 is 10.5 Å². The maximum Gasteiger partial charge on any atom is 0.242 e. The first-order valence-electron chi connectivity index (χ1n) is 6.49. The van der Waals surface area contributed by atoms with E-state index in [-0.39, 0.29) is 4.90 Å². The summed E-state index contributed by atoms with van der Waals surface area (Å²) < 4.78 is 46.7. The molecule has 0 saturated carbocycles. The monoisotopic (exact) mass is 347 g/mol. The highest BCUT2D eigenvalue weighted by Crippen LogP contribution is 2.22. The number of carbonyl (C=O) groups excluding carboxylic acids is 1. The fourth-order valence-corrected chi connectivity index (χ4v) is 3.99. The minimum atomic E-state index is -3.79. The first kappa shape index (κ1) is 16.9. The van der Waals surface area contributed by atoms with E-state index in [1.165, 1.54) is 28.6 Å². The first-order chi connectivity index (χ1) is 10.1. The third-order valence-electron chi connectivity index (χ3n) is 3.38. The quantitative estimate of drug-likeness (QED) is 0.773. The summed E-state index contributed by atoms with van der Waals surface area (Å²) in [5.41, 5.74) is 0.373. The lowest BCUT2D eigenvalue weighted by Gasteiger charge is -2.21. The van der Waals surface area contributed by atoms with Crippen molar-refractivity contribution < 1.29 is 21.6 Å². The maximum atomic E-state index is 12.2. The number of primary sulfonamides is 1. The molecule has 2 rings (SSSR count). The van der Waals surface area contributed by atoms with Crippen molar-refractivity contribution in [1.82, 2.24) is 4.31 Å². The predicted molar refractivity (Wildman–Crippen MR) is 81.0 cm³/mol. The number of nitrogens with zero attached hydrogens (tertiary/aromatic N) is 1. The summed E-state index contributed by atoms with van der Waals surface area (Å²) in [7, 11) is -7.23. The van der Waals surface area contributed by atoms with Gasteiger partial charge in [0.25, 0.3) is 0 Å². The lowest BCUT2D eigenvalue weighted by atomic mass is 10.2. The molecular formula is C12H17N3O5S2. The molecule has 1 heterocycles. The third-order valence-corrected chi connectivity index (χ3v) is 5.60. The smallest absolute Gasteiger partial charge is 0.242 e. The topological polar surface area (TPSA) is 127 Å². The molecule has 22 heavy (non-hydrogen) atoms. The number of nitrogens with two attached hydrogens (primary N) is 1. The zero-order valence-electron chi connectivity index (χ0n) is 11.9. The van der Waals surface area contributed by atoms with Crippen LogP contribution in [0.4, 0.5) is 5.69 Å². The van der Waals surface area contributed by atoms with Crippen molar-refractivity contribution in [3.8, 4) is 0 Å². The highest BCUT2D eigenvalue weighted by atomic mass is 32.2. The van der Waals surface area contributed by atoms with Gasteiger partial charge in [-0.25, -0.2) is 22.0 Å². The number of sulfonamides is 2. The lowest BCUT2D eigenvalue weighted by molar-refractivity contribution is -0.119. The van der Waals surface area contributed by atoms with Gasteiger partial charge in [0.1, 0.15) is 6.04 Å². The minimum absolute atomic E-state index is 0.0656. The number of amides is 1. The molecule has 1 aliphatic heterocycles. The molecule has 10 heteroatoms. The van der Waals surface area contributed by atoms with Crippen molar-refractivity contribution in [2.75, 3.05) is 18.1 Å². The normalized spacial score (nSPS) is 20.0. The van der Waals surface area contributed by atoms with Crippen molar-refractivity contribution in [2.45, 2.75) is 23.8 Å². The Morgan fingerprint density at radius 1 is 1.23 bits per heavy atom. The summed E-state index contributed by atoms with van der Waals surface area (Å²) in [6.07, 6.45) is 2.14. The third kappa shape index (κ3) is 3.83. The van der Waals surface area contributed by atoms with Crippen molar-refractivity contribution in [3.05, 3.63) is 24.3 Å². The molecule has 8 nitrogen and oxygen atoms in total. The SMILES string of the molecule is CS(=O)(=O)N1CCCC1C(=O)Nc1ccc(S(N)(=O)=O)cc1. The van der Waals surface area contributed by atoms with E-state index in [2.05, 4.69) is 5.32 Å². The van der Waals surface area contributed by atoms with E-state index in [4.69, 9.17) is 5.14 Å². The predicted octanol–water partition coefficient (Wildman–Crippen LogP) is -0.303. The second-order valence-electron chi connectivity index (χ2n) is 5.09. The molecule has 1 aliphatic rings. The summed E-state index contributed by atoms with van der Waals surface area (Å²) in [6, 6.07) is 4.60. The molecule has 1 aromatic carbocycles. The largest absolute Gasteiger partial charge is 0.325 e. The fourth-order valence-electron chi connectivity index (χ4n) is 2.35. The van der Waals surface area contributed by atoms with Gasteiger partial charge in [0.2, 0.25) is 26.0 Å². The number of hydrogen-bond acceptors (Lipinski definition) is 5. The van der Waals surface area contributed by atoms with Gasteiger partial charge in [-0.15, -0.1) is 0 Å². The average Bonchev–Trinajstić information content (AvgIpc) is 2.87. The van der Waals surface area contributed by atoms with E-state index in [1.54, 1.807) is 0 Å². The molecular weight excluding hydrogens is 330 g/mol. The van der Waals surface area contributed by atoms with E-state index in [0.717, 1.165) is 6.26 Å². The van der Waals surface area contributed by atoms with E-state index >= 15 is 0 Å². The standard InChI is InChI=1S/C12H17N3O5S2/c1-21(17,18)15-8-2-3-11(15)12(16)14-9-4-6-10(7-5-9)22(13,19)20/h4-7,11H,2-3,8H2,1H3,(H,14,16)(H2,13,19,20). The van der Waals surface area contributed by atoms with Gasteiger partial charge in [-0.3, -0.25) is 4.79 Å². The molecule has 1 saturated heterocycles. The fraction of sp³-hybridized carbons (Fsp3) is 0.417. The average molecular weight is 347 g/mol. The Kier molecular flexibility index (Phi) is 4.57. The van der Waals surface area contributed by atoms with E-state index in [9.17, 15) is 21.6 Å². The van der Waals surface area contributed by atoms with Crippen LogP contribution in [0.5, 0.6) is 0 Å². The highest BCUT2D eigenvalue weighted by Gasteiger charge is 2.36. The molecule has 122 valence electrons. The van der Waals surface area contributed by atoms with Crippen molar-refractivity contribution in [1.29, 1.82) is 0 Å². The second kappa shape index (κ2) is 5.95. The molecule has 0 aliphatic carbocycles. The molecule has 1 aromatic rings. The van der Waals surface area contributed by atoms with E-state index in [1.807, 2.05) is 0 Å². The number of rotatable bonds is 4. The van der Waals surface area contributed by atoms with E-state index < -0.39 is 32.0 Å². The van der Waals surface area contributed by atoms with Crippen LogP contribution in [-0.2, 0) is 24.8 Å². The first-order valence-corrected chi connectivity index (χ1v) is 9.89. The zero-order chi connectivity index (χ0) is 16.5. The molecule has 1 amide bonds. The van der Waals surface area contributed by atoms with Crippen LogP contribution in [0, 0.1) is 0 Å². The molecule has 1 atom stereocenters. The molecule has 3 N–H and O–H groups in total. The van der Waals surface area contributed by atoms with Gasteiger partial charge in [-0.2, -0.15) is 4.31 Å². The van der Waals surface area contributed by atoms with Crippen LogP contribution in [0.1, 0.15) is 12.8 Å². The van der Waals surface area contributed by atoms with Crippen LogP contribution in [-0.4, -0.2) is 45.9 Å². The molecule has 0 aromatic heterocycles. The zero-order valence-corrected chi connectivity index (χ0v) is 13.5. The summed E-state index contributed by atoms with van der Waals surface area (Å²) in [5.74, 6) is -0.439. The van der Waals surface area contributed by atoms with Crippen molar-refractivity contribution in [2.24, 2.45) is 5.14 Å². The lowest BCUT2D eigenvalue weighted by Crippen LogP contribution is -2.42. The summed E-state index contributed by atoms with van der Waals surface area (Å²) in [4.78, 5) is 12.1. The van der Waals surface area contributed by atoms with Crippen molar-refractivity contribution >= 4 is 31.6 Å². The van der Waals surface area contributed by atoms with Gasteiger partial charge in [0.05, 0.1) is 11.2 Å². The molecule has 0 bridgehead atoms. The summed E-state index contributed by atoms with van der Waals surface area (Å²) in [5, 5.41) is 7.57. The number of carbonyl (C=O) groups is 1. The summed E-state index contributed by atoms with van der Waals surface area (Å²) >= 11 is 0.